The lowest BCUT2D eigenvalue weighted by molar-refractivity contribution is 0.00988. The number of hydrogen-bond acceptors (Lipinski definition) is 4. The van der Waals surface area contributed by atoms with Crippen LogP contribution in [0.5, 0.6) is 0 Å². The summed E-state index contributed by atoms with van der Waals surface area (Å²) in [6, 6.07) is 21.5. The van der Waals surface area contributed by atoms with Gasteiger partial charge >= 0.3 is 6.09 Å². The van der Waals surface area contributed by atoms with E-state index in [0.29, 0.717) is 6.54 Å². The van der Waals surface area contributed by atoms with E-state index in [1.165, 1.54) is 41.5 Å². The number of carbonyl (C=O) groups excluding carboxylic acids is 1. The maximum absolute atomic E-state index is 13.1. The van der Waals surface area contributed by atoms with Crippen LogP contribution in [-0.4, -0.2) is 27.6 Å². The molecule has 0 spiro atoms. The maximum Gasteiger partial charge on any atom is 0.410 e. The molecule has 1 N–H and O–H groups in total. The second-order valence-corrected chi connectivity index (χ2v) is 10.8. The Morgan fingerprint density at radius 3 is 2.33 bits per heavy atom. The predicted octanol–water partition coefficient (Wildman–Crippen LogP) is 7.11. The van der Waals surface area contributed by atoms with Crippen molar-refractivity contribution in [3.63, 3.8) is 0 Å². The van der Waals surface area contributed by atoms with Crippen LogP contribution in [0.3, 0.4) is 0 Å². The first-order valence-corrected chi connectivity index (χ1v) is 13.1. The van der Waals surface area contributed by atoms with Crippen molar-refractivity contribution in [1.82, 2.24) is 15.2 Å². The van der Waals surface area contributed by atoms with Crippen LogP contribution < -0.4 is 5.32 Å². The molecule has 0 radical (unpaired) electrons. The normalized spacial score (nSPS) is 14.4. The number of carbonyl (C=O) groups is 1. The lowest BCUT2D eigenvalue weighted by Crippen LogP contribution is -2.43. The largest absolute Gasteiger partial charge is 0.444 e. The number of ether oxygens (including phenoxy) is 1. The van der Waals surface area contributed by atoms with Crippen molar-refractivity contribution in [2.75, 3.05) is 0 Å². The zero-order chi connectivity index (χ0) is 25.4. The monoisotopic (exact) mass is 485 g/mol. The Hall–Kier alpha value is -3.18. The molecule has 1 heterocycles. The molecule has 0 saturated heterocycles. The van der Waals surface area contributed by atoms with Gasteiger partial charge in [-0.05, 0) is 73.6 Å². The van der Waals surface area contributed by atoms with E-state index in [9.17, 15) is 4.79 Å². The summed E-state index contributed by atoms with van der Waals surface area (Å²) in [5.41, 5.74) is 5.43. The van der Waals surface area contributed by atoms with Gasteiger partial charge in [0, 0.05) is 38.1 Å². The first-order valence-electron chi connectivity index (χ1n) is 13.1. The van der Waals surface area contributed by atoms with Crippen molar-refractivity contribution in [2.24, 2.45) is 0 Å². The minimum Gasteiger partial charge on any atom is -0.444 e. The van der Waals surface area contributed by atoms with E-state index in [2.05, 4.69) is 64.9 Å². The third-order valence-electron chi connectivity index (χ3n) is 6.59. The molecule has 1 aliphatic carbocycles. The predicted molar refractivity (Wildman–Crippen MR) is 145 cm³/mol. The molecule has 1 aliphatic rings. The van der Waals surface area contributed by atoms with Gasteiger partial charge in [-0.2, -0.15) is 0 Å². The number of aromatic nitrogens is 1. The van der Waals surface area contributed by atoms with Crippen molar-refractivity contribution in [2.45, 2.75) is 84.2 Å². The number of amides is 1. The number of nitrogens with one attached hydrogen (secondary N) is 1. The number of rotatable bonds is 8. The average molecular weight is 486 g/mol. The highest BCUT2D eigenvalue weighted by atomic mass is 16.6. The van der Waals surface area contributed by atoms with Crippen molar-refractivity contribution in [3.05, 3.63) is 89.7 Å². The van der Waals surface area contributed by atoms with Crippen molar-refractivity contribution in [1.29, 1.82) is 0 Å². The van der Waals surface area contributed by atoms with E-state index in [-0.39, 0.29) is 12.1 Å². The molecule has 3 aromatic rings. The molecule has 0 atom stereocenters. The zero-order valence-corrected chi connectivity index (χ0v) is 21.9. The number of hydrogen-bond donors (Lipinski definition) is 1. The fourth-order valence-corrected chi connectivity index (χ4v) is 4.77. The second kappa shape index (κ2) is 12.2. The summed E-state index contributed by atoms with van der Waals surface area (Å²) in [4.78, 5) is 19.2. The van der Waals surface area contributed by atoms with Gasteiger partial charge in [0.1, 0.15) is 5.60 Å². The summed E-state index contributed by atoms with van der Waals surface area (Å²) in [7, 11) is 0. The summed E-state index contributed by atoms with van der Waals surface area (Å²) in [6.45, 7) is 7.97. The lowest BCUT2D eigenvalue weighted by Gasteiger charge is -2.35. The van der Waals surface area contributed by atoms with Gasteiger partial charge in [-0.3, -0.25) is 4.98 Å². The third kappa shape index (κ3) is 7.66. The highest BCUT2D eigenvalue weighted by molar-refractivity contribution is 5.69. The Labute approximate surface area is 215 Å². The van der Waals surface area contributed by atoms with E-state index >= 15 is 0 Å². The fraction of sp³-hybridized carbons (Fsp3) is 0.419. The molecule has 4 rings (SSSR count). The van der Waals surface area contributed by atoms with Crippen LogP contribution in [-0.2, 0) is 24.4 Å². The first-order chi connectivity index (χ1) is 17.4. The van der Waals surface area contributed by atoms with Gasteiger partial charge in [0.25, 0.3) is 0 Å². The molecule has 2 aromatic carbocycles. The maximum atomic E-state index is 13.1. The zero-order valence-electron chi connectivity index (χ0n) is 21.9. The summed E-state index contributed by atoms with van der Waals surface area (Å²) in [5, 5.41) is 3.50. The SMILES string of the molecule is CC(C)(C)OC(=O)N(Cc1ccc(-c2cccc(CNCc3cccnc3)c2)cc1)C1CCCCC1. The molecule has 1 fully saturated rings. The van der Waals surface area contributed by atoms with E-state index in [0.717, 1.165) is 31.5 Å². The molecular weight excluding hydrogens is 446 g/mol. The van der Waals surface area contributed by atoms with Crippen LogP contribution >= 0.6 is 0 Å². The van der Waals surface area contributed by atoms with Gasteiger partial charge in [-0.1, -0.05) is 67.8 Å². The van der Waals surface area contributed by atoms with E-state index in [1.54, 1.807) is 6.20 Å². The number of nitrogens with zero attached hydrogens (tertiary/aromatic N) is 2. The molecule has 5 nitrogen and oxygen atoms in total. The van der Waals surface area contributed by atoms with Gasteiger partial charge in [0.05, 0.1) is 0 Å². The summed E-state index contributed by atoms with van der Waals surface area (Å²) in [6.07, 6.45) is 9.20. The minimum absolute atomic E-state index is 0.204. The van der Waals surface area contributed by atoms with Crippen LogP contribution in [0, 0.1) is 0 Å². The highest BCUT2D eigenvalue weighted by Crippen LogP contribution is 2.27. The number of benzene rings is 2. The summed E-state index contributed by atoms with van der Waals surface area (Å²) < 4.78 is 5.77. The van der Waals surface area contributed by atoms with Crippen LogP contribution in [0.15, 0.2) is 73.1 Å². The molecule has 0 aliphatic heterocycles. The van der Waals surface area contributed by atoms with E-state index in [1.807, 2.05) is 37.9 Å². The fourth-order valence-electron chi connectivity index (χ4n) is 4.77. The molecule has 1 saturated carbocycles. The molecule has 5 heteroatoms. The smallest absolute Gasteiger partial charge is 0.410 e. The Morgan fingerprint density at radius 2 is 1.64 bits per heavy atom. The molecule has 36 heavy (non-hydrogen) atoms. The van der Waals surface area contributed by atoms with Crippen molar-refractivity contribution < 1.29 is 9.53 Å². The average Bonchev–Trinajstić information content (AvgIpc) is 2.88. The van der Waals surface area contributed by atoms with Crippen LogP contribution in [0.25, 0.3) is 11.1 Å². The van der Waals surface area contributed by atoms with Gasteiger partial charge in [-0.25, -0.2) is 4.79 Å². The standard InChI is InChI=1S/C31H39N3O2/c1-31(2,3)36-30(35)34(29-12-5-4-6-13-29)23-24-14-16-27(17-15-24)28-11-7-9-25(19-28)20-33-22-26-10-8-18-32-21-26/h7-11,14-19,21,29,33H,4-6,12-13,20,22-23H2,1-3H3. The lowest BCUT2D eigenvalue weighted by atomic mass is 9.94. The van der Waals surface area contributed by atoms with Crippen molar-refractivity contribution in [3.8, 4) is 11.1 Å². The first kappa shape index (κ1) is 25.9. The Morgan fingerprint density at radius 1 is 0.917 bits per heavy atom. The number of pyridine rings is 1. The van der Waals surface area contributed by atoms with Crippen molar-refractivity contribution >= 4 is 6.09 Å². The summed E-state index contributed by atoms with van der Waals surface area (Å²) in [5.74, 6) is 0. The Bertz CT molecular complexity index is 1100. The molecule has 1 amide bonds. The topological polar surface area (TPSA) is 54.5 Å². The van der Waals surface area contributed by atoms with Gasteiger partial charge in [0.2, 0.25) is 0 Å². The third-order valence-corrected chi connectivity index (χ3v) is 6.59. The van der Waals surface area contributed by atoms with Crippen LogP contribution in [0.2, 0.25) is 0 Å². The highest BCUT2D eigenvalue weighted by Gasteiger charge is 2.29. The van der Waals surface area contributed by atoms with E-state index < -0.39 is 5.60 Å². The van der Waals surface area contributed by atoms with Crippen LogP contribution in [0.1, 0.15) is 69.6 Å². The summed E-state index contributed by atoms with van der Waals surface area (Å²) >= 11 is 0. The Kier molecular flexibility index (Phi) is 8.76. The molecule has 0 bridgehead atoms. The molecular formula is C31H39N3O2. The molecule has 190 valence electrons. The minimum atomic E-state index is -0.494. The second-order valence-electron chi connectivity index (χ2n) is 10.8. The quantitative estimate of drug-likeness (QED) is 0.369. The van der Waals surface area contributed by atoms with Gasteiger partial charge in [-0.15, -0.1) is 0 Å². The molecule has 0 unspecified atom stereocenters. The Balaban J connectivity index is 1.41. The van der Waals surface area contributed by atoms with Crippen LogP contribution in [0.4, 0.5) is 4.79 Å². The molecule has 1 aromatic heterocycles. The van der Waals surface area contributed by atoms with E-state index in [4.69, 9.17) is 4.74 Å². The van der Waals surface area contributed by atoms with Gasteiger partial charge < -0.3 is 15.0 Å². The van der Waals surface area contributed by atoms with Gasteiger partial charge in [0.15, 0.2) is 0 Å².